The zero-order valence-electron chi connectivity index (χ0n) is 10.4. The Morgan fingerprint density at radius 3 is 2.39 bits per heavy atom. The van der Waals surface area contributed by atoms with Crippen molar-refractivity contribution in [1.29, 1.82) is 0 Å². The summed E-state index contributed by atoms with van der Waals surface area (Å²) in [5.74, 6) is -0.493. The van der Waals surface area contributed by atoms with Crippen molar-refractivity contribution in [1.82, 2.24) is 4.98 Å². The van der Waals surface area contributed by atoms with Crippen LogP contribution >= 0.6 is 0 Å². The van der Waals surface area contributed by atoms with E-state index in [4.69, 9.17) is 5.11 Å². The summed E-state index contributed by atoms with van der Waals surface area (Å²) < 4.78 is 0. The van der Waals surface area contributed by atoms with Gasteiger partial charge in [-0.15, -0.1) is 0 Å². The molecule has 0 saturated carbocycles. The summed E-state index contributed by atoms with van der Waals surface area (Å²) in [6.07, 6.45) is 1.61. The first kappa shape index (κ1) is 12.3. The van der Waals surface area contributed by atoms with E-state index < -0.39 is 5.97 Å². The van der Waals surface area contributed by atoms with Gasteiger partial charge < -0.3 is 5.11 Å². The fourth-order valence-electron chi connectivity index (χ4n) is 1.83. The fraction of sp³-hybridized carbons (Fsp3) is 0.200. The minimum Gasteiger partial charge on any atom is -0.478 e. The topological polar surface area (TPSA) is 50.2 Å². The maximum absolute atomic E-state index is 11.1. The van der Waals surface area contributed by atoms with E-state index in [1.165, 1.54) is 5.56 Å². The molecule has 0 amide bonds. The molecule has 3 nitrogen and oxygen atoms in total. The van der Waals surface area contributed by atoms with Gasteiger partial charge in [0.2, 0.25) is 0 Å². The molecule has 0 unspecified atom stereocenters. The van der Waals surface area contributed by atoms with Crippen LogP contribution < -0.4 is 0 Å². The van der Waals surface area contributed by atoms with E-state index in [0.717, 1.165) is 5.56 Å². The quantitative estimate of drug-likeness (QED) is 0.893. The number of aromatic carboxylic acids is 1. The molecular weight excluding hydrogens is 226 g/mol. The summed E-state index contributed by atoms with van der Waals surface area (Å²) in [5.41, 5.74) is 2.80. The van der Waals surface area contributed by atoms with Crippen LogP contribution in [0.2, 0.25) is 0 Å². The molecule has 2 rings (SSSR count). The molecule has 0 radical (unpaired) electrons. The number of pyridine rings is 1. The van der Waals surface area contributed by atoms with Crippen LogP contribution in [0.15, 0.2) is 42.6 Å². The van der Waals surface area contributed by atoms with Gasteiger partial charge in [0.15, 0.2) is 0 Å². The van der Waals surface area contributed by atoms with Crippen molar-refractivity contribution in [2.45, 2.75) is 19.8 Å². The fourth-order valence-corrected chi connectivity index (χ4v) is 1.83. The van der Waals surface area contributed by atoms with Gasteiger partial charge in [-0.25, -0.2) is 4.79 Å². The molecule has 0 atom stereocenters. The smallest absolute Gasteiger partial charge is 0.337 e. The Morgan fingerprint density at radius 1 is 1.17 bits per heavy atom. The van der Waals surface area contributed by atoms with Crippen molar-refractivity contribution in [2.75, 3.05) is 0 Å². The highest BCUT2D eigenvalue weighted by Crippen LogP contribution is 2.23. The molecule has 0 aliphatic rings. The lowest BCUT2D eigenvalue weighted by Crippen LogP contribution is -2.01. The van der Waals surface area contributed by atoms with Crippen LogP contribution in [0.25, 0.3) is 11.3 Å². The van der Waals surface area contributed by atoms with Gasteiger partial charge in [0.05, 0.1) is 11.3 Å². The summed E-state index contributed by atoms with van der Waals surface area (Å²) in [6.45, 7) is 4.25. The first-order chi connectivity index (χ1) is 8.59. The van der Waals surface area contributed by atoms with E-state index in [2.05, 4.69) is 18.8 Å². The maximum Gasteiger partial charge on any atom is 0.337 e. The lowest BCUT2D eigenvalue weighted by Gasteiger charge is -2.08. The average molecular weight is 241 g/mol. The number of benzene rings is 1. The molecular formula is C15H15NO2. The highest BCUT2D eigenvalue weighted by atomic mass is 16.4. The third-order valence-electron chi connectivity index (χ3n) is 2.89. The molecule has 92 valence electrons. The summed E-state index contributed by atoms with van der Waals surface area (Å²) in [5, 5.41) is 9.13. The molecule has 18 heavy (non-hydrogen) atoms. The summed E-state index contributed by atoms with van der Waals surface area (Å²) in [6, 6.07) is 11.1. The van der Waals surface area contributed by atoms with Crippen LogP contribution in [-0.4, -0.2) is 16.1 Å². The van der Waals surface area contributed by atoms with E-state index in [9.17, 15) is 4.79 Å². The van der Waals surface area contributed by atoms with Crippen molar-refractivity contribution in [2.24, 2.45) is 0 Å². The van der Waals surface area contributed by atoms with Gasteiger partial charge in [-0.2, -0.15) is 0 Å². The van der Waals surface area contributed by atoms with Gasteiger partial charge in [-0.3, -0.25) is 4.98 Å². The van der Waals surface area contributed by atoms with Crippen molar-refractivity contribution in [3.8, 4) is 11.3 Å². The van der Waals surface area contributed by atoms with Crippen LogP contribution in [0.3, 0.4) is 0 Å². The Balaban J connectivity index is 2.46. The lowest BCUT2D eigenvalue weighted by atomic mass is 9.99. The van der Waals surface area contributed by atoms with E-state index in [0.29, 0.717) is 11.6 Å². The van der Waals surface area contributed by atoms with Crippen molar-refractivity contribution in [3.05, 3.63) is 53.7 Å². The molecule has 0 spiro atoms. The number of carbonyl (C=O) groups is 1. The molecule has 0 aliphatic carbocycles. The number of aromatic nitrogens is 1. The van der Waals surface area contributed by atoms with Crippen LogP contribution in [0.1, 0.15) is 35.7 Å². The van der Waals surface area contributed by atoms with E-state index >= 15 is 0 Å². The number of carboxylic acid groups (broad SMARTS) is 1. The van der Waals surface area contributed by atoms with E-state index in [-0.39, 0.29) is 5.56 Å². The van der Waals surface area contributed by atoms with Gasteiger partial charge >= 0.3 is 5.97 Å². The third kappa shape index (κ3) is 2.40. The summed E-state index contributed by atoms with van der Waals surface area (Å²) in [4.78, 5) is 15.3. The first-order valence-electron chi connectivity index (χ1n) is 5.88. The Bertz CT molecular complexity index is 559. The monoisotopic (exact) mass is 241 g/mol. The number of nitrogens with zero attached hydrogens (tertiary/aromatic N) is 1. The van der Waals surface area contributed by atoms with Crippen LogP contribution in [0.4, 0.5) is 0 Å². The molecule has 1 aromatic heterocycles. The van der Waals surface area contributed by atoms with Crippen LogP contribution in [-0.2, 0) is 0 Å². The van der Waals surface area contributed by atoms with E-state index in [1.54, 1.807) is 18.3 Å². The zero-order chi connectivity index (χ0) is 13.1. The van der Waals surface area contributed by atoms with Gasteiger partial charge in [0, 0.05) is 11.8 Å². The van der Waals surface area contributed by atoms with Gasteiger partial charge in [-0.05, 0) is 23.6 Å². The Morgan fingerprint density at radius 2 is 1.83 bits per heavy atom. The number of carboxylic acids is 1. The molecule has 1 aromatic carbocycles. The Kier molecular flexibility index (Phi) is 3.42. The minimum atomic E-state index is -0.953. The maximum atomic E-state index is 11.1. The molecule has 1 heterocycles. The predicted molar refractivity (Wildman–Crippen MR) is 70.7 cm³/mol. The first-order valence-corrected chi connectivity index (χ1v) is 5.88. The lowest BCUT2D eigenvalue weighted by molar-refractivity contribution is 0.0697. The SMILES string of the molecule is CC(C)c1ccc(-c2ncccc2C(=O)O)cc1. The standard InChI is InChI=1S/C15H15NO2/c1-10(2)11-5-7-12(8-6-11)14-13(15(17)18)4-3-9-16-14/h3-10H,1-2H3,(H,17,18). The minimum absolute atomic E-state index is 0.231. The van der Waals surface area contributed by atoms with E-state index in [1.807, 2.05) is 24.3 Å². The molecule has 0 aliphatic heterocycles. The second-order valence-electron chi connectivity index (χ2n) is 4.48. The highest BCUT2D eigenvalue weighted by Gasteiger charge is 2.12. The van der Waals surface area contributed by atoms with Crippen molar-refractivity contribution in [3.63, 3.8) is 0 Å². The largest absolute Gasteiger partial charge is 0.478 e. The van der Waals surface area contributed by atoms with Crippen LogP contribution in [0.5, 0.6) is 0 Å². The molecule has 0 bridgehead atoms. The van der Waals surface area contributed by atoms with Gasteiger partial charge in [0.1, 0.15) is 0 Å². The van der Waals surface area contributed by atoms with Gasteiger partial charge in [-0.1, -0.05) is 38.1 Å². The van der Waals surface area contributed by atoms with Crippen LogP contribution in [0, 0.1) is 0 Å². The van der Waals surface area contributed by atoms with Crippen molar-refractivity contribution < 1.29 is 9.90 Å². The summed E-state index contributed by atoms with van der Waals surface area (Å²) in [7, 11) is 0. The third-order valence-corrected chi connectivity index (χ3v) is 2.89. The highest BCUT2D eigenvalue weighted by molar-refractivity contribution is 5.94. The number of hydrogen-bond donors (Lipinski definition) is 1. The number of rotatable bonds is 3. The normalized spacial score (nSPS) is 10.6. The van der Waals surface area contributed by atoms with Crippen molar-refractivity contribution >= 4 is 5.97 Å². The Hall–Kier alpha value is -2.16. The predicted octanol–water partition coefficient (Wildman–Crippen LogP) is 3.57. The molecule has 3 heteroatoms. The number of hydrogen-bond acceptors (Lipinski definition) is 2. The molecule has 0 saturated heterocycles. The Labute approximate surface area is 106 Å². The second-order valence-corrected chi connectivity index (χ2v) is 4.48. The zero-order valence-corrected chi connectivity index (χ0v) is 10.4. The molecule has 2 aromatic rings. The molecule has 1 N–H and O–H groups in total. The second kappa shape index (κ2) is 5.00. The molecule has 0 fully saturated rings. The van der Waals surface area contributed by atoms with Gasteiger partial charge in [0.25, 0.3) is 0 Å². The summed E-state index contributed by atoms with van der Waals surface area (Å²) >= 11 is 0. The average Bonchev–Trinajstić information content (AvgIpc) is 2.39.